The number of amides is 2. The molecule has 27 heavy (non-hydrogen) atoms. The predicted molar refractivity (Wildman–Crippen MR) is 101 cm³/mol. The molecule has 0 radical (unpaired) electrons. The number of hydrogen-bond donors (Lipinski definition) is 1. The van der Waals surface area contributed by atoms with Crippen molar-refractivity contribution in [1.82, 2.24) is 30.1 Å². The lowest BCUT2D eigenvalue weighted by Crippen LogP contribution is -2.51. The van der Waals surface area contributed by atoms with E-state index in [4.69, 9.17) is 0 Å². The number of nitrogens with zero attached hydrogens (tertiary/aromatic N) is 5. The normalized spacial score (nSPS) is 14.9. The Kier molecular flexibility index (Phi) is 6.54. The maximum absolute atomic E-state index is 12.6. The lowest BCUT2D eigenvalue weighted by atomic mass is 10.2. The van der Waals surface area contributed by atoms with Gasteiger partial charge in [-0.2, -0.15) is 0 Å². The highest BCUT2D eigenvalue weighted by Gasteiger charge is 2.25. The molecule has 8 nitrogen and oxygen atoms in total. The monoisotopic (exact) mass is 370 g/mol. The quantitative estimate of drug-likeness (QED) is 0.772. The molecule has 8 heteroatoms. The first-order valence-electron chi connectivity index (χ1n) is 9.38. The van der Waals surface area contributed by atoms with Crippen LogP contribution in [-0.2, 0) is 11.3 Å². The SMILES string of the molecule is CCCNC(=O)CN1CCN(C(=O)c2cn(Cc3ccccc3)nn2)CC1. The lowest BCUT2D eigenvalue weighted by Gasteiger charge is -2.33. The minimum Gasteiger partial charge on any atom is -0.355 e. The molecule has 0 saturated carbocycles. The van der Waals surface area contributed by atoms with Gasteiger partial charge in [0.25, 0.3) is 5.91 Å². The van der Waals surface area contributed by atoms with Crippen LogP contribution in [-0.4, -0.2) is 75.9 Å². The molecule has 3 rings (SSSR count). The maximum Gasteiger partial charge on any atom is 0.276 e. The highest BCUT2D eigenvalue weighted by atomic mass is 16.2. The van der Waals surface area contributed by atoms with Crippen molar-refractivity contribution in [2.24, 2.45) is 0 Å². The van der Waals surface area contributed by atoms with Gasteiger partial charge in [-0.05, 0) is 12.0 Å². The highest BCUT2D eigenvalue weighted by molar-refractivity contribution is 5.92. The van der Waals surface area contributed by atoms with E-state index in [0.717, 1.165) is 12.0 Å². The number of benzene rings is 1. The van der Waals surface area contributed by atoms with Crippen molar-refractivity contribution in [1.29, 1.82) is 0 Å². The Labute approximate surface area is 159 Å². The van der Waals surface area contributed by atoms with Crippen LogP contribution >= 0.6 is 0 Å². The summed E-state index contributed by atoms with van der Waals surface area (Å²) in [5.74, 6) is -0.0649. The third-order valence-electron chi connectivity index (χ3n) is 4.54. The molecule has 1 aliphatic heterocycles. The van der Waals surface area contributed by atoms with E-state index < -0.39 is 0 Å². The van der Waals surface area contributed by atoms with Crippen molar-refractivity contribution in [3.8, 4) is 0 Å². The predicted octanol–water partition coefficient (Wildman–Crippen LogP) is 0.610. The summed E-state index contributed by atoms with van der Waals surface area (Å²) in [6.07, 6.45) is 2.62. The molecule has 0 spiro atoms. The molecular formula is C19H26N6O2. The molecule has 0 unspecified atom stereocenters. The van der Waals surface area contributed by atoms with Crippen LogP contribution < -0.4 is 5.32 Å². The molecular weight excluding hydrogens is 344 g/mol. The topological polar surface area (TPSA) is 83.4 Å². The number of rotatable bonds is 7. The van der Waals surface area contributed by atoms with Crippen molar-refractivity contribution < 1.29 is 9.59 Å². The van der Waals surface area contributed by atoms with Crippen LogP contribution in [0.2, 0.25) is 0 Å². The minimum atomic E-state index is -0.107. The standard InChI is InChI=1S/C19H26N6O2/c1-2-8-20-18(26)15-23-9-11-24(12-10-23)19(27)17-14-25(22-21-17)13-16-6-4-3-5-7-16/h3-7,14H,2,8-13,15H2,1H3,(H,20,26). The number of carbonyl (C=O) groups excluding carboxylic acids is 2. The Hall–Kier alpha value is -2.74. The summed E-state index contributed by atoms with van der Waals surface area (Å²) in [6.45, 7) is 6.25. The maximum atomic E-state index is 12.6. The largest absolute Gasteiger partial charge is 0.355 e. The average Bonchev–Trinajstić information content (AvgIpc) is 3.15. The summed E-state index contributed by atoms with van der Waals surface area (Å²) in [5.41, 5.74) is 1.47. The van der Waals surface area contributed by atoms with E-state index in [9.17, 15) is 9.59 Å². The summed E-state index contributed by atoms with van der Waals surface area (Å²) in [5, 5.41) is 11.0. The molecule has 0 atom stereocenters. The van der Waals surface area contributed by atoms with Gasteiger partial charge in [0.1, 0.15) is 0 Å². The molecule has 0 aliphatic carbocycles. The first kappa shape index (κ1) is 19.0. The fraction of sp³-hybridized carbons (Fsp3) is 0.474. The summed E-state index contributed by atoms with van der Waals surface area (Å²) in [7, 11) is 0. The van der Waals surface area contributed by atoms with Crippen LogP contribution in [0, 0.1) is 0 Å². The number of hydrogen-bond acceptors (Lipinski definition) is 5. The van der Waals surface area contributed by atoms with Crippen LogP contribution in [0.1, 0.15) is 29.4 Å². The van der Waals surface area contributed by atoms with Gasteiger partial charge in [-0.15, -0.1) is 5.10 Å². The Morgan fingerprint density at radius 1 is 1.11 bits per heavy atom. The van der Waals surface area contributed by atoms with Crippen LogP contribution in [0.3, 0.4) is 0 Å². The Balaban J connectivity index is 1.49. The summed E-state index contributed by atoms with van der Waals surface area (Å²) >= 11 is 0. The van der Waals surface area contributed by atoms with Crippen molar-refractivity contribution >= 4 is 11.8 Å². The summed E-state index contributed by atoms with van der Waals surface area (Å²) in [4.78, 5) is 28.3. The second-order valence-electron chi connectivity index (χ2n) is 6.71. The molecule has 1 fully saturated rings. The Morgan fingerprint density at radius 2 is 1.85 bits per heavy atom. The molecule has 1 N–H and O–H groups in total. The lowest BCUT2D eigenvalue weighted by molar-refractivity contribution is -0.122. The second-order valence-corrected chi connectivity index (χ2v) is 6.71. The first-order chi connectivity index (χ1) is 13.2. The number of nitrogens with one attached hydrogen (secondary N) is 1. The van der Waals surface area contributed by atoms with Crippen LogP contribution in [0.15, 0.2) is 36.5 Å². The van der Waals surface area contributed by atoms with Gasteiger partial charge in [0, 0.05) is 32.7 Å². The van der Waals surface area contributed by atoms with E-state index in [1.165, 1.54) is 0 Å². The van der Waals surface area contributed by atoms with E-state index in [-0.39, 0.29) is 11.8 Å². The fourth-order valence-electron chi connectivity index (χ4n) is 3.04. The van der Waals surface area contributed by atoms with Gasteiger partial charge in [-0.3, -0.25) is 14.5 Å². The zero-order valence-electron chi connectivity index (χ0n) is 15.7. The van der Waals surface area contributed by atoms with Crippen LogP contribution in [0.25, 0.3) is 0 Å². The van der Waals surface area contributed by atoms with Gasteiger partial charge in [0.2, 0.25) is 5.91 Å². The van der Waals surface area contributed by atoms with Crippen molar-refractivity contribution in [3.63, 3.8) is 0 Å². The third kappa shape index (κ3) is 5.37. The van der Waals surface area contributed by atoms with E-state index in [0.29, 0.717) is 51.5 Å². The molecule has 1 aliphatic rings. The fourth-order valence-corrected chi connectivity index (χ4v) is 3.04. The van der Waals surface area contributed by atoms with Crippen molar-refractivity contribution in [3.05, 3.63) is 47.8 Å². The third-order valence-corrected chi connectivity index (χ3v) is 4.54. The van der Waals surface area contributed by atoms with Crippen LogP contribution in [0.5, 0.6) is 0 Å². The number of carbonyl (C=O) groups is 2. The van der Waals surface area contributed by atoms with Gasteiger partial charge >= 0.3 is 0 Å². The second kappa shape index (κ2) is 9.27. The first-order valence-corrected chi connectivity index (χ1v) is 9.38. The van der Waals surface area contributed by atoms with E-state index >= 15 is 0 Å². The minimum absolute atomic E-state index is 0.0421. The van der Waals surface area contributed by atoms with Crippen LogP contribution in [0.4, 0.5) is 0 Å². The average molecular weight is 370 g/mol. The van der Waals surface area contributed by atoms with Gasteiger partial charge in [-0.1, -0.05) is 42.5 Å². The highest BCUT2D eigenvalue weighted by Crippen LogP contribution is 2.08. The molecule has 2 aromatic rings. The summed E-state index contributed by atoms with van der Waals surface area (Å²) in [6, 6.07) is 9.94. The molecule has 2 heterocycles. The molecule has 1 saturated heterocycles. The zero-order valence-corrected chi connectivity index (χ0v) is 15.7. The van der Waals surface area contributed by atoms with Crippen molar-refractivity contribution in [2.75, 3.05) is 39.3 Å². The van der Waals surface area contributed by atoms with Gasteiger partial charge in [0.05, 0.1) is 19.3 Å². The van der Waals surface area contributed by atoms with Gasteiger partial charge in [0.15, 0.2) is 5.69 Å². The summed E-state index contributed by atoms with van der Waals surface area (Å²) < 4.78 is 1.68. The molecule has 1 aromatic heterocycles. The smallest absolute Gasteiger partial charge is 0.276 e. The Bertz CT molecular complexity index is 753. The van der Waals surface area contributed by atoms with E-state index in [1.807, 2.05) is 37.3 Å². The Morgan fingerprint density at radius 3 is 2.56 bits per heavy atom. The van der Waals surface area contributed by atoms with Gasteiger partial charge in [-0.25, -0.2) is 4.68 Å². The molecule has 144 valence electrons. The number of piperazine rings is 1. The van der Waals surface area contributed by atoms with E-state index in [1.54, 1.807) is 15.8 Å². The van der Waals surface area contributed by atoms with E-state index in [2.05, 4.69) is 20.5 Å². The van der Waals surface area contributed by atoms with Gasteiger partial charge < -0.3 is 10.2 Å². The molecule has 1 aromatic carbocycles. The van der Waals surface area contributed by atoms with Crippen molar-refractivity contribution in [2.45, 2.75) is 19.9 Å². The molecule has 2 amide bonds. The molecule has 0 bridgehead atoms. The zero-order chi connectivity index (χ0) is 19.1. The number of aromatic nitrogens is 3.